The van der Waals surface area contributed by atoms with Gasteiger partial charge in [0.05, 0.1) is 12.2 Å². The second-order valence-corrected chi connectivity index (χ2v) is 5.48. The lowest BCUT2D eigenvalue weighted by Crippen LogP contribution is -2.37. The molecule has 1 aromatic carbocycles. The topological polar surface area (TPSA) is 73.5 Å². The highest BCUT2D eigenvalue weighted by Crippen LogP contribution is 2.13. The fourth-order valence-electron chi connectivity index (χ4n) is 2.77. The van der Waals surface area contributed by atoms with E-state index in [4.69, 9.17) is 0 Å². The van der Waals surface area contributed by atoms with Gasteiger partial charge in [0.2, 0.25) is 0 Å². The van der Waals surface area contributed by atoms with E-state index in [1.807, 2.05) is 4.68 Å². The Morgan fingerprint density at radius 3 is 2.86 bits per heavy atom. The molecule has 2 aromatic heterocycles. The number of fused-ring (bicyclic) bond motifs is 1. The summed E-state index contributed by atoms with van der Waals surface area (Å²) in [5.41, 5.74) is 2.28. The summed E-state index contributed by atoms with van der Waals surface area (Å²) >= 11 is 0. The second-order valence-electron chi connectivity index (χ2n) is 5.48. The molecule has 1 unspecified atom stereocenters. The largest absolute Gasteiger partial charge is 0.308 e. The van der Waals surface area contributed by atoms with Gasteiger partial charge in [0.15, 0.2) is 0 Å². The maximum absolute atomic E-state index is 4.25. The van der Waals surface area contributed by atoms with E-state index >= 15 is 0 Å². The zero-order valence-corrected chi connectivity index (χ0v) is 12.1. The van der Waals surface area contributed by atoms with E-state index in [1.165, 1.54) is 11.9 Å². The van der Waals surface area contributed by atoms with Gasteiger partial charge in [-0.2, -0.15) is 10.2 Å². The highest BCUT2D eigenvalue weighted by Gasteiger charge is 2.18. The Bertz CT molecular complexity index is 730. The zero-order chi connectivity index (χ0) is 14.8. The summed E-state index contributed by atoms with van der Waals surface area (Å²) in [4.78, 5) is 8.21. The van der Waals surface area contributed by atoms with Crippen molar-refractivity contribution in [2.45, 2.75) is 32.0 Å². The molecule has 3 heterocycles. The van der Waals surface area contributed by atoms with Crippen molar-refractivity contribution in [3.63, 3.8) is 0 Å². The molecule has 0 spiro atoms. The first-order chi connectivity index (χ1) is 10.9. The molecule has 0 bridgehead atoms. The van der Waals surface area contributed by atoms with Crippen LogP contribution in [0.3, 0.4) is 0 Å². The van der Waals surface area contributed by atoms with Crippen molar-refractivity contribution in [2.75, 3.05) is 0 Å². The van der Waals surface area contributed by atoms with Crippen LogP contribution < -0.4 is 5.32 Å². The SMILES string of the molecule is c1ncn(-c2ccc(CNC3CCc4ncnn4C3)cc2)n1. The maximum atomic E-state index is 4.25. The monoisotopic (exact) mass is 295 g/mol. The minimum absolute atomic E-state index is 0.448. The van der Waals surface area contributed by atoms with Crippen molar-refractivity contribution in [3.05, 3.63) is 54.6 Å². The molecule has 0 saturated heterocycles. The van der Waals surface area contributed by atoms with Crippen molar-refractivity contribution in [1.29, 1.82) is 0 Å². The summed E-state index contributed by atoms with van der Waals surface area (Å²) in [5.74, 6) is 1.09. The Balaban J connectivity index is 1.36. The van der Waals surface area contributed by atoms with Crippen LogP contribution in [0.5, 0.6) is 0 Å². The lowest BCUT2D eigenvalue weighted by atomic mass is 10.1. The normalized spacial score (nSPS) is 17.4. The first-order valence-corrected chi connectivity index (χ1v) is 7.42. The fourth-order valence-corrected chi connectivity index (χ4v) is 2.77. The van der Waals surface area contributed by atoms with Gasteiger partial charge < -0.3 is 5.32 Å². The molecule has 1 aliphatic rings. The van der Waals surface area contributed by atoms with Gasteiger partial charge in [0.1, 0.15) is 24.8 Å². The van der Waals surface area contributed by atoms with E-state index in [0.29, 0.717) is 6.04 Å². The molecule has 0 saturated carbocycles. The number of benzene rings is 1. The molecule has 22 heavy (non-hydrogen) atoms. The van der Waals surface area contributed by atoms with Crippen LogP contribution in [0.15, 0.2) is 43.2 Å². The third-order valence-corrected chi connectivity index (χ3v) is 4.02. The van der Waals surface area contributed by atoms with Crippen LogP contribution in [-0.2, 0) is 19.5 Å². The van der Waals surface area contributed by atoms with Gasteiger partial charge in [-0.3, -0.25) is 0 Å². The Morgan fingerprint density at radius 1 is 1.14 bits per heavy atom. The highest BCUT2D eigenvalue weighted by molar-refractivity contribution is 5.33. The van der Waals surface area contributed by atoms with Crippen LogP contribution in [0, 0.1) is 0 Å². The van der Waals surface area contributed by atoms with Gasteiger partial charge in [0.25, 0.3) is 0 Å². The highest BCUT2D eigenvalue weighted by atomic mass is 15.3. The van der Waals surface area contributed by atoms with Crippen molar-refractivity contribution in [2.24, 2.45) is 0 Å². The first-order valence-electron chi connectivity index (χ1n) is 7.42. The Morgan fingerprint density at radius 2 is 2.05 bits per heavy atom. The van der Waals surface area contributed by atoms with E-state index in [-0.39, 0.29) is 0 Å². The molecule has 112 valence electrons. The Kier molecular flexibility index (Phi) is 3.40. The first kappa shape index (κ1) is 13.1. The number of aryl methyl sites for hydroxylation is 1. The van der Waals surface area contributed by atoms with Crippen LogP contribution in [-0.4, -0.2) is 35.6 Å². The minimum Gasteiger partial charge on any atom is -0.308 e. The average molecular weight is 295 g/mol. The Labute approximate surface area is 128 Å². The number of aromatic nitrogens is 6. The van der Waals surface area contributed by atoms with Crippen LogP contribution >= 0.6 is 0 Å². The molecule has 1 N–H and O–H groups in total. The standard InChI is InChI=1S/C15H17N7/c1-4-14(22-11-16-9-19-22)5-2-12(1)7-17-13-3-6-15-18-10-20-21(15)8-13/h1-2,4-5,9-11,13,17H,3,6-8H2. The summed E-state index contributed by atoms with van der Waals surface area (Å²) in [6.45, 7) is 1.75. The van der Waals surface area contributed by atoms with E-state index in [1.54, 1.807) is 17.3 Å². The predicted octanol–water partition coefficient (Wildman–Crippen LogP) is 0.963. The third-order valence-electron chi connectivity index (χ3n) is 4.02. The van der Waals surface area contributed by atoms with E-state index in [0.717, 1.165) is 37.4 Å². The molecular formula is C15H17N7. The summed E-state index contributed by atoms with van der Waals surface area (Å²) in [6.07, 6.45) is 6.97. The number of nitrogens with zero attached hydrogens (tertiary/aromatic N) is 6. The van der Waals surface area contributed by atoms with Gasteiger partial charge in [-0.25, -0.2) is 19.3 Å². The van der Waals surface area contributed by atoms with Crippen LogP contribution in [0.25, 0.3) is 5.69 Å². The molecule has 0 fully saturated rings. The molecular weight excluding hydrogens is 278 g/mol. The van der Waals surface area contributed by atoms with Gasteiger partial charge in [-0.1, -0.05) is 12.1 Å². The molecule has 0 amide bonds. The number of nitrogens with one attached hydrogen (secondary N) is 1. The van der Waals surface area contributed by atoms with Crippen LogP contribution in [0.2, 0.25) is 0 Å². The number of hydrogen-bond donors (Lipinski definition) is 1. The van der Waals surface area contributed by atoms with Crippen molar-refractivity contribution >= 4 is 0 Å². The van der Waals surface area contributed by atoms with Crippen molar-refractivity contribution in [1.82, 2.24) is 34.8 Å². The molecule has 7 nitrogen and oxygen atoms in total. The van der Waals surface area contributed by atoms with Gasteiger partial charge >= 0.3 is 0 Å². The lowest BCUT2D eigenvalue weighted by molar-refractivity contribution is 0.358. The summed E-state index contributed by atoms with van der Waals surface area (Å²) in [5, 5.41) is 12.0. The maximum Gasteiger partial charge on any atom is 0.138 e. The zero-order valence-electron chi connectivity index (χ0n) is 12.1. The molecule has 4 rings (SSSR count). The fraction of sp³-hybridized carbons (Fsp3) is 0.333. The quantitative estimate of drug-likeness (QED) is 0.776. The summed E-state index contributed by atoms with van der Waals surface area (Å²) in [7, 11) is 0. The lowest BCUT2D eigenvalue weighted by Gasteiger charge is -2.23. The van der Waals surface area contributed by atoms with Crippen molar-refractivity contribution < 1.29 is 0 Å². The van der Waals surface area contributed by atoms with Crippen molar-refractivity contribution in [3.8, 4) is 5.69 Å². The van der Waals surface area contributed by atoms with Gasteiger partial charge in [-0.15, -0.1) is 0 Å². The smallest absolute Gasteiger partial charge is 0.138 e. The summed E-state index contributed by atoms with van der Waals surface area (Å²) < 4.78 is 3.75. The molecule has 0 radical (unpaired) electrons. The van der Waals surface area contributed by atoms with E-state index in [2.05, 4.69) is 49.7 Å². The second kappa shape index (κ2) is 5.69. The van der Waals surface area contributed by atoms with Gasteiger partial charge in [-0.05, 0) is 24.1 Å². The predicted molar refractivity (Wildman–Crippen MR) is 80.3 cm³/mol. The molecule has 1 atom stereocenters. The number of rotatable bonds is 4. The minimum atomic E-state index is 0.448. The molecule has 7 heteroatoms. The molecule has 1 aliphatic heterocycles. The number of hydrogen-bond acceptors (Lipinski definition) is 5. The third kappa shape index (κ3) is 2.62. The van der Waals surface area contributed by atoms with E-state index < -0.39 is 0 Å². The van der Waals surface area contributed by atoms with Crippen LogP contribution in [0.1, 0.15) is 17.8 Å². The summed E-state index contributed by atoms with van der Waals surface area (Å²) in [6, 6.07) is 8.80. The van der Waals surface area contributed by atoms with E-state index in [9.17, 15) is 0 Å². The average Bonchev–Trinajstić information content (AvgIpc) is 3.24. The molecule has 3 aromatic rings. The van der Waals surface area contributed by atoms with Crippen LogP contribution in [0.4, 0.5) is 0 Å². The molecule has 0 aliphatic carbocycles. The van der Waals surface area contributed by atoms with Gasteiger partial charge in [0, 0.05) is 19.0 Å². The Hall–Kier alpha value is -2.54.